The highest BCUT2D eigenvalue weighted by molar-refractivity contribution is 8.27. The summed E-state index contributed by atoms with van der Waals surface area (Å²) in [6.07, 6.45) is 0. The Bertz CT molecular complexity index is 828. The van der Waals surface area contributed by atoms with Crippen molar-refractivity contribution in [2.45, 2.75) is 27.7 Å². The van der Waals surface area contributed by atoms with Crippen molar-refractivity contribution in [2.24, 2.45) is 9.98 Å². The number of benzene rings is 2. The van der Waals surface area contributed by atoms with Gasteiger partial charge in [-0.15, -0.1) is 23.5 Å². The number of thioether (sulfide) groups is 2. The van der Waals surface area contributed by atoms with Gasteiger partial charge >= 0.3 is 0 Å². The van der Waals surface area contributed by atoms with Crippen LogP contribution in [0.4, 0.5) is 11.4 Å². The molecule has 1 fully saturated rings. The Kier molecular flexibility index (Phi) is 6.73. The molecule has 0 aliphatic carbocycles. The highest BCUT2D eigenvalue weighted by Gasteiger charge is 2.19. The molecule has 0 unspecified atom stereocenters. The topological polar surface area (TPSA) is 43.2 Å². The Labute approximate surface area is 175 Å². The molecular formula is C22H26N2O2S2. The Balaban J connectivity index is 2.05. The largest absolute Gasteiger partial charge is 0.497 e. The number of nitrogens with zero attached hydrogens (tertiary/aromatic N) is 2. The summed E-state index contributed by atoms with van der Waals surface area (Å²) in [6.45, 7) is 8.29. The number of aryl methyl sites for hydroxylation is 4. The van der Waals surface area contributed by atoms with Crippen molar-refractivity contribution in [3.8, 4) is 11.5 Å². The van der Waals surface area contributed by atoms with Crippen molar-refractivity contribution in [1.82, 2.24) is 0 Å². The second-order valence-corrected chi connectivity index (χ2v) is 8.92. The first-order valence-corrected chi connectivity index (χ1v) is 11.1. The molecule has 1 aliphatic heterocycles. The molecule has 1 aliphatic rings. The van der Waals surface area contributed by atoms with Crippen molar-refractivity contribution in [2.75, 3.05) is 25.7 Å². The van der Waals surface area contributed by atoms with Gasteiger partial charge in [-0.2, -0.15) is 0 Å². The number of hydrogen-bond acceptors (Lipinski definition) is 6. The standard InChI is InChI=1S/C22H26N2O2S2/c1-13-9-17(25-5)10-14(2)19(13)23-21-22(28-8-7-27-21)24-20-15(3)11-18(26-6)12-16(20)4/h9-12H,7-8H2,1-6H3/b23-21-,24-22+. The van der Waals surface area contributed by atoms with Gasteiger partial charge in [0.2, 0.25) is 0 Å². The molecule has 2 aromatic carbocycles. The SMILES string of the molecule is COc1cc(C)c(/N=C2\SCCS\C2=N\c2c(C)cc(OC)cc2C)c(C)c1. The summed E-state index contributed by atoms with van der Waals surface area (Å²) in [4.78, 5) is 10.0. The van der Waals surface area contributed by atoms with Crippen LogP contribution in [-0.2, 0) is 0 Å². The molecule has 0 atom stereocenters. The van der Waals surface area contributed by atoms with E-state index < -0.39 is 0 Å². The maximum absolute atomic E-state index is 5.37. The van der Waals surface area contributed by atoms with Gasteiger partial charge < -0.3 is 9.47 Å². The molecule has 1 heterocycles. The summed E-state index contributed by atoms with van der Waals surface area (Å²) in [6, 6.07) is 8.12. The maximum Gasteiger partial charge on any atom is 0.129 e. The molecule has 148 valence electrons. The predicted octanol–water partition coefficient (Wildman–Crippen LogP) is 6.18. The summed E-state index contributed by atoms with van der Waals surface area (Å²) in [5.41, 5.74) is 6.44. The van der Waals surface area contributed by atoms with Gasteiger partial charge in [-0.25, -0.2) is 9.98 Å². The van der Waals surface area contributed by atoms with E-state index in [9.17, 15) is 0 Å². The number of methoxy groups -OCH3 is 2. The first-order valence-electron chi connectivity index (χ1n) is 9.16. The molecule has 0 amide bonds. The molecule has 0 N–H and O–H groups in total. The van der Waals surface area contributed by atoms with E-state index in [-0.39, 0.29) is 0 Å². The number of hydrogen-bond donors (Lipinski definition) is 0. The fourth-order valence-corrected chi connectivity index (χ4v) is 5.24. The Hall–Kier alpha value is -1.92. The molecule has 1 saturated heterocycles. The smallest absolute Gasteiger partial charge is 0.129 e. The number of aliphatic imine (C=N–C) groups is 2. The fourth-order valence-electron chi connectivity index (χ4n) is 3.18. The molecule has 6 heteroatoms. The average molecular weight is 415 g/mol. The molecule has 0 saturated carbocycles. The summed E-state index contributed by atoms with van der Waals surface area (Å²) < 4.78 is 10.7. The molecule has 28 heavy (non-hydrogen) atoms. The zero-order valence-corrected chi connectivity index (χ0v) is 18.9. The van der Waals surface area contributed by atoms with Crippen LogP contribution in [-0.4, -0.2) is 35.8 Å². The molecule has 0 aromatic heterocycles. The highest BCUT2D eigenvalue weighted by atomic mass is 32.2. The van der Waals surface area contributed by atoms with Gasteiger partial charge in [-0.3, -0.25) is 0 Å². The van der Waals surface area contributed by atoms with E-state index in [1.54, 1.807) is 37.7 Å². The average Bonchev–Trinajstić information content (AvgIpc) is 2.68. The van der Waals surface area contributed by atoms with E-state index in [4.69, 9.17) is 19.5 Å². The van der Waals surface area contributed by atoms with Crippen molar-refractivity contribution < 1.29 is 9.47 Å². The lowest BCUT2D eigenvalue weighted by atomic mass is 10.1. The minimum Gasteiger partial charge on any atom is -0.497 e. The summed E-state index contributed by atoms with van der Waals surface area (Å²) in [5, 5.41) is 1.98. The lowest BCUT2D eigenvalue weighted by molar-refractivity contribution is 0.414. The van der Waals surface area contributed by atoms with Gasteiger partial charge in [0, 0.05) is 11.5 Å². The van der Waals surface area contributed by atoms with Crippen molar-refractivity contribution in [3.05, 3.63) is 46.5 Å². The van der Waals surface area contributed by atoms with Crippen LogP contribution in [0, 0.1) is 27.7 Å². The fraction of sp³-hybridized carbons (Fsp3) is 0.364. The van der Waals surface area contributed by atoms with E-state index in [0.717, 1.165) is 66.7 Å². The monoisotopic (exact) mass is 414 g/mol. The molecule has 4 nitrogen and oxygen atoms in total. The lowest BCUT2D eigenvalue weighted by Crippen LogP contribution is -2.14. The summed E-state index contributed by atoms with van der Waals surface area (Å²) in [5.74, 6) is 3.81. The second kappa shape index (κ2) is 9.05. The van der Waals surface area contributed by atoms with Crippen molar-refractivity contribution >= 4 is 45.0 Å². The van der Waals surface area contributed by atoms with Crippen LogP contribution < -0.4 is 9.47 Å². The quantitative estimate of drug-likeness (QED) is 0.599. The highest BCUT2D eigenvalue weighted by Crippen LogP contribution is 2.35. The lowest BCUT2D eigenvalue weighted by Gasteiger charge is -2.17. The first-order chi connectivity index (χ1) is 13.4. The Morgan fingerprint density at radius 2 is 0.964 bits per heavy atom. The third-order valence-electron chi connectivity index (χ3n) is 4.57. The van der Waals surface area contributed by atoms with Gasteiger partial charge in [0.1, 0.15) is 21.6 Å². The van der Waals surface area contributed by atoms with Crippen LogP contribution in [0.15, 0.2) is 34.3 Å². The normalized spacial score (nSPS) is 17.2. The first kappa shape index (κ1) is 20.8. The summed E-state index contributed by atoms with van der Waals surface area (Å²) >= 11 is 3.55. The van der Waals surface area contributed by atoms with Crippen LogP contribution in [0.5, 0.6) is 11.5 Å². The predicted molar refractivity (Wildman–Crippen MR) is 124 cm³/mol. The molecule has 2 aromatic rings. The third-order valence-corrected chi connectivity index (χ3v) is 6.89. The van der Waals surface area contributed by atoms with Gasteiger partial charge in [-0.1, -0.05) is 0 Å². The van der Waals surface area contributed by atoms with Crippen LogP contribution in [0.3, 0.4) is 0 Å². The van der Waals surface area contributed by atoms with Crippen LogP contribution in [0.2, 0.25) is 0 Å². The second-order valence-electron chi connectivity index (χ2n) is 6.75. The van der Waals surface area contributed by atoms with Crippen LogP contribution in [0.1, 0.15) is 22.3 Å². The third kappa shape index (κ3) is 4.55. The molecule has 0 radical (unpaired) electrons. The van der Waals surface area contributed by atoms with Crippen LogP contribution in [0.25, 0.3) is 0 Å². The molecular weight excluding hydrogens is 388 g/mol. The van der Waals surface area contributed by atoms with Gasteiger partial charge in [0.25, 0.3) is 0 Å². The zero-order valence-electron chi connectivity index (χ0n) is 17.3. The number of ether oxygens (including phenoxy) is 2. The maximum atomic E-state index is 5.37. The van der Waals surface area contributed by atoms with Crippen LogP contribution >= 0.6 is 23.5 Å². The van der Waals surface area contributed by atoms with Crippen molar-refractivity contribution in [3.63, 3.8) is 0 Å². The Morgan fingerprint density at radius 1 is 0.643 bits per heavy atom. The zero-order chi connectivity index (χ0) is 20.3. The van der Waals surface area contributed by atoms with Crippen molar-refractivity contribution in [1.29, 1.82) is 0 Å². The molecule has 3 rings (SSSR count). The van der Waals surface area contributed by atoms with Gasteiger partial charge in [-0.05, 0) is 74.2 Å². The van der Waals surface area contributed by atoms with E-state index in [2.05, 4.69) is 27.7 Å². The summed E-state index contributed by atoms with van der Waals surface area (Å²) in [7, 11) is 3.38. The van der Waals surface area contributed by atoms with Gasteiger partial charge in [0.05, 0.1) is 25.6 Å². The number of rotatable bonds is 4. The van der Waals surface area contributed by atoms with E-state index in [1.807, 2.05) is 24.3 Å². The van der Waals surface area contributed by atoms with Gasteiger partial charge in [0.15, 0.2) is 0 Å². The van der Waals surface area contributed by atoms with E-state index in [0.29, 0.717) is 0 Å². The Morgan fingerprint density at radius 3 is 1.25 bits per heavy atom. The van der Waals surface area contributed by atoms with E-state index in [1.165, 1.54) is 0 Å². The minimum absolute atomic E-state index is 0.864. The van der Waals surface area contributed by atoms with E-state index >= 15 is 0 Å². The minimum atomic E-state index is 0.864. The molecule has 0 spiro atoms. The molecule has 0 bridgehead atoms.